The van der Waals surface area contributed by atoms with Crippen LogP contribution in [0.15, 0.2) is 24.3 Å². The fourth-order valence-corrected chi connectivity index (χ4v) is 1.97. The molecule has 2 heteroatoms. The zero-order valence-electron chi connectivity index (χ0n) is 11.1. The lowest BCUT2D eigenvalue weighted by molar-refractivity contribution is 0.333. The molecule has 0 bridgehead atoms. The number of nitrogens with two attached hydrogens (primary N) is 1. The van der Waals surface area contributed by atoms with Crippen LogP contribution in [0.3, 0.4) is 0 Å². The van der Waals surface area contributed by atoms with E-state index in [-0.39, 0.29) is 5.54 Å². The van der Waals surface area contributed by atoms with E-state index in [4.69, 9.17) is 5.73 Å². The van der Waals surface area contributed by atoms with E-state index in [1.54, 1.807) is 0 Å². The normalized spacial score (nSPS) is 14.9. The Hall–Kier alpha value is -1.02. The van der Waals surface area contributed by atoms with E-state index in [0.717, 1.165) is 0 Å². The molecule has 16 heavy (non-hydrogen) atoms. The standard InChI is InChI=1S/C14H24N2/c1-11(2)14(4,10-15)16(5)13-9-7-6-8-12(13)3/h6-9,11H,10,15H2,1-5H3. The molecule has 0 aliphatic heterocycles. The first-order valence-corrected chi connectivity index (χ1v) is 5.93. The summed E-state index contributed by atoms with van der Waals surface area (Å²) < 4.78 is 0. The largest absolute Gasteiger partial charge is 0.367 e. The van der Waals surface area contributed by atoms with Crippen LogP contribution in [-0.4, -0.2) is 19.1 Å². The third-order valence-electron chi connectivity index (χ3n) is 3.90. The van der Waals surface area contributed by atoms with Gasteiger partial charge in [-0.1, -0.05) is 32.0 Å². The van der Waals surface area contributed by atoms with Gasteiger partial charge in [-0.15, -0.1) is 0 Å². The van der Waals surface area contributed by atoms with Gasteiger partial charge in [0, 0.05) is 19.3 Å². The van der Waals surface area contributed by atoms with Crippen molar-refractivity contribution in [3.63, 3.8) is 0 Å². The lowest BCUT2D eigenvalue weighted by Crippen LogP contribution is -2.54. The molecule has 2 nitrogen and oxygen atoms in total. The second-order valence-electron chi connectivity index (χ2n) is 5.06. The molecule has 0 fully saturated rings. The van der Waals surface area contributed by atoms with Crippen LogP contribution in [0.5, 0.6) is 0 Å². The summed E-state index contributed by atoms with van der Waals surface area (Å²) >= 11 is 0. The molecule has 0 saturated heterocycles. The Kier molecular flexibility index (Phi) is 3.98. The van der Waals surface area contributed by atoms with Crippen molar-refractivity contribution >= 4 is 5.69 Å². The van der Waals surface area contributed by atoms with E-state index in [0.29, 0.717) is 12.5 Å². The fourth-order valence-electron chi connectivity index (χ4n) is 1.97. The number of rotatable bonds is 4. The van der Waals surface area contributed by atoms with E-state index in [2.05, 4.69) is 63.9 Å². The van der Waals surface area contributed by atoms with Gasteiger partial charge < -0.3 is 10.6 Å². The molecular formula is C14H24N2. The monoisotopic (exact) mass is 220 g/mol. The zero-order chi connectivity index (χ0) is 12.3. The highest BCUT2D eigenvalue weighted by atomic mass is 15.2. The number of anilines is 1. The van der Waals surface area contributed by atoms with Crippen LogP contribution in [0.4, 0.5) is 5.69 Å². The molecule has 2 N–H and O–H groups in total. The summed E-state index contributed by atoms with van der Waals surface area (Å²) in [6.45, 7) is 9.48. The van der Waals surface area contributed by atoms with Crippen molar-refractivity contribution in [3.8, 4) is 0 Å². The average molecular weight is 220 g/mol. The van der Waals surface area contributed by atoms with Crippen molar-refractivity contribution in [2.45, 2.75) is 33.2 Å². The van der Waals surface area contributed by atoms with E-state index < -0.39 is 0 Å². The van der Waals surface area contributed by atoms with Crippen LogP contribution in [0.2, 0.25) is 0 Å². The molecule has 0 amide bonds. The predicted molar refractivity (Wildman–Crippen MR) is 71.9 cm³/mol. The van der Waals surface area contributed by atoms with Gasteiger partial charge in [-0.2, -0.15) is 0 Å². The molecule has 0 saturated carbocycles. The summed E-state index contributed by atoms with van der Waals surface area (Å²) in [5, 5.41) is 0. The van der Waals surface area contributed by atoms with E-state index in [1.807, 2.05) is 0 Å². The molecule has 0 spiro atoms. The summed E-state index contributed by atoms with van der Waals surface area (Å²) in [6.07, 6.45) is 0. The summed E-state index contributed by atoms with van der Waals surface area (Å²) in [6, 6.07) is 8.45. The molecule has 1 atom stereocenters. The third kappa shape index (κ3) is 2.22. The molecule has 0 radical (unpaired) electrons. The van der Waals surface area contributed by atoms with Gasteiger partial charge >= 0.3 is 0 Å². The highest BCUT2D eigenvalue weighted by molar-refractivity contribution is 5.54. The molecule has 1 aromatic rings. The number of para-hydroxylation sites is 1. The quantitative estimate of drug-likeness (QED) is 0.845. The molecular weight excluding hydrogens is 196 g/mol. The fraction of sp³-hybridized carbons (Fsp3) is 0.571. The van der Waals surface area contributed by atoms with Gasteiger partial charge in [0.2, 0.25) is 0 Å². The Bertz CT molecular complexity index is 346. The average Bonchev–Trinajstić information content (AvgIpc) is 2.27. The maximum Gasteiger partial charge on any atom is 0.0515 e. The number of benzene rings is 1. The lowest BCUT2D eigenvalue weighted by Gasteiger charge is -2.43. The van der Waals surface area contributed by atoms with Crippen LogP contribution in [0, 0.1) is 12.8 Å². The molecule has 0 aliphatic carbocycles. The van der Waals surface area contributed by atoms with Crippen molar-refractivity contribution in [3.05, 3.63) is 29.8 Å². The maximum atomic E-state index is 5.95. The van der Waals surface area contributed by atoms with E-state index >= 15 is 0 Å². The number of nitrogens with zero attached hydrogens (tertiary/aromatic N) is 1. The molecule has 90 valence electrons. The highest BCUT2D eigenvalue weighted by Crippen LogP contribution is 2.29. The predicted octanol–water partition coefficient (Wildman–Crippen LogP) is 2.80. The smallest absolute Gasteiger partial charge is 0.0515 e. The van der Waals surface area contributed by atoms with Gasteiger partial charge in [0.15, 0.2) is 0 Å². The first-order chi connectivity index (χ1) is 7.43. The zero-order valence-corrected chi connectivity index (χ0v) is 11.1. The Labute approximate surface area is 99.5 Å². The Morgan fingerprint density at radius 2 is 1.88 bits per heavy atom. The van der Waals surface area contributed by atoms with Gasteiger partial charge in [0.05, 0.1) is 5.54 Å². The Balaban J connectivity index is 3.10. The minimum atomic E-state index is 0.00606. The second kappa shape index (κ2) is 4.88. The molecule has 1 rings (SSSR count). The molecule has 1 unspecified atom stereocenters. The van der Waals surface area contributed by atoms with Crippen LogP contribution >= 0.6 is 0 Å². The van der Waals surface area contributed by atoms with Crippen molar-refractivity contribution in [2.24, 2.45) is 11.7 Å². The minimum absolute atomic E-state index is 0.00606. The van der Waals surface area contributed by atoms with Gasteiger partial charge in [-0.05, 0) is 31.4 Å². The van der Waals surface area contributed by atoms with E-state index in [1.165, 1.54) is 11.3 Å². The van der Waals surface area contributed by atoms with Gasteiger partial charge in [-0.25, -0.2) is 0 Å². The van der Waals surface area contributed by atoms with Crippen molar-refractivity contribution in [1.82, 2.24) is 0 Å². The molecule has 0 aliphatic rings. The maximum absolute atomic E-state index is 5.95. The van der Waals surface area contributed by atoms with Crippen LogP contribution in [0.25, 0.3) is 0 Å². The van der Waals surface area contributed by atoms with Crippen molar-refractivity contribution in [2.75, 3.05) is 18.5 Å². The summed E-state index contributed by atoms with van der Waals surface area (Å²) in [5.74, 6) is 0.516. The second-order valence-corrected chi connectivity index (χ2v) is 5.06. The summed E-state index contributed by atoms with van der Waals surface area (Å²) in [4.78, 5) is 2.31. The summed E-state index contributed by atoms with van der Waals surface area (Å²) in [7, 11) is 2.13. The van der Waals surface area contributed by atoms with Crippen LogP contribution in [-0.2, 0) is 0 Å². The minimum Gasteiger partial charge on any atom is -0.367 e. The van der Waals surface area contributed by atoms with Gasteiger partial charge in [0.1, 0.15) is 0 Å². The Morgan fingerprint density at radius 3 is 2.31 bits per heavy atom. The van der Waals surface area contributed by atoms with Crippen molar-refractivity contribution < 1.29 is 0 Å². The number of aryl methyl sites for hydroxylation is 1. The molecule has 0 heterocycles. The number of hydrogen-bond acceptors (Lipinski definition) is 2. The van der Waals surface area contributed by atoms with Crippen LogP contribution < -0.4 is 10.6 Å². The third-order valence-corrected chi connectivity index (χ3v) is 3.90. The lowest BCUT2D eigenvalue weighted by atomic mass is 9.86. The first-order valence-electron chi connectivity index (χ1n) is 5.93. The molecule has 0 aromatic heterocycles. The first kappa shape index (κ1) is 13.0. The van der Waals surface area contributed by atoms with Gasteiger partial charge in [-0.3, -0.25) is 0 Å². The van der Waals surface area contributed by atoms with Crippen molar-refractivity contribution in [1.29, 1.82) is 0 Å². The highest BCUT2D eigenvalue weighted by Gasteiger charge is 2.32. The van der Waals surface area contributed by atoms with Gasteiger partial charge in [0.25, 0.3) is 0 Å². The summed E-state index contributed by atoms with van der Waals surface area (Å²) in [5.41, 5.74) is 8.53. The number of likely N-dealkylation sites (N-methyl/N-ethyl adjacent to an activating group) is 1. The molecule has 1 aromatic carbocycles. The Morgan fingerprint density at radius 1 is 1.31 bits per heavy atom. The SMILES string of the molecule is Cc1ccccc1N(C)C(C)(CN)C(C)C. The number of hydrogen-bond donors (Lipinski definition) is 1. The van der Waals surface area contributed by atoms with E-state index in [9.17, 15) is 0 Å². The topological polar surface area (TPSA) is 29.3 Å². The van der Waals surface area contributed by atoms with Crippen LogP contribution in [0.1, 0.15) is 26.3 Å².